The van der Waals surface area contributed by atoms with Crippen LogP contribution < -0.4 is 4.90 Å². The minimum atomic E-state index is 0.207. The van der Waals surface area contributed by atoms with Gasteiger partial charge in [0.1, 0.15) is 0 Å². The monoisotopic (exact) mass is 207 g/mol. The van der Waals surface area contributed by atoms with Gasteiger partial charge < -0.3 is 10.0 Å². The molecule has 1 unspecified atom stereocenters. The van der Waals surface area contributed by atoms with Crippen molar-refractivity contribution in [2.45, 2.75) is 26.7 Å². The topological polar surface area (TPSA) is 23.5 Å². The average Bonchev–Trinajstić information content (AvgIpc) is 2.30. The zero-order valence-corrected chi connectivity index (χ0v) is 9.90. The fraction of sp³-hybridized carbons (Fsp3) is 0.538. The largest absolute Gasteiger partial charge is 0.396 e. The molecule has 84 valence electrons. The molecule has 0 heterocycles. The van der Waals surface area contributed by atoms with Crippen LogP contribution >= 0.6 is 0 Å². The Morgan fingerprint density at radius 3 is 2.33 bits per heavy atom. The van der Waals surface area contributed by atoms with Crippen LogP contribution in [0.25, 0.3) is 0 Å². The van der Waals surface area contributed by atoms with Crippen molar-refractivity contribution in [2.75, 3.05) is 24.6 Å². The lowest BCUT2D eigenvalue weighted by atomic mass is 9.99. The lowest BCUT2D eigenvalue weighted by Gasteiger charge is -2.26. The first kappa shape index (κ1) is 12.1. The summed E-state index contributed by atoms with van der Waals surface area (Å²) in [7, 11) is 0. The smallest absolute Gasteiger partial charge is 0.0497 e. The predicted octanol–water partition coefficient (Wildman–Crippen LogP) is 2.63. The highest BCUT2D eigenvalue weighted by Gasteiger charge is 2.12. The zero-order valence-electron chi connectivity index (χ0n) is 9.90. The summed E-state index contributed by atoms with van der Waals surface area (Å²) in [5, 5.41) is 9.22. The first-order valence-corrected chi connectivity index (χ1v) is 5.69. The fourth-order valence-corrected chi connectivity index (χ4v) is 1.85. The summed E-state index contributed by atoms with van der Waals surface area (Å²) in [6, 6.07) is 8.33. The summed E-state index contributed by atoms with van der Waals surface area (Å²) in [5.41, 5.74) is 2.49. The molecule has 0 aliphatic heterocycles. The molecule has 1 atom stereocenters. The van der Waals surface area contributed by atoms with E-state index in [-0.39, 0.29) is 12.5 Å². The van der Waals surface area contributed by atoms with Gasteiger partial charge in [-0.1, -0.05) is 25.1 Å². The maximum absolute atomic E-state index is 9.22. The van der Waals surface area contributed by atoms with Gasteiger partial charge in [0.2, 0.25) is 0 Å². The Labute approximate surface area is 92.5 Å². The van der Waals surface area contributed by atoms with E-state index < -0.39 is 0 Å². The van der Waals surface area contributed by atoms with Crippen molar-refractivity contribution >= 4 is 5.69 Å². The number of aliphatic hydroxyl groups excluding tert-OH is 1. The summed E-state index contributed by atoms with van der Waals surface area (Å²) < 4.78 is 0. The normalized spacial score (nSPS) is 12.5. The Kier molecular flexibility index (Phi) is 4.63. The van der Waals surface area contributed by atoms with Crippen molar-refractivity contribution in [3.63, 3.8) is 0 Å². The van der Waals surface area contributed by atoms with Gasteiger partial charge >= 0.3 is 0 Å². The molecule has 0 radical (unpaired) electrons. The zero-order chi connectivity index (χ0) is 11.3. The summed E-state index contributed by atoms with van der Waals surface area (Å²) >= 11 is 0. The van der Waals surface area contributed by atoms with E-state index >= 15 is 0 Å². The molecular weight excluding hydrogens is 186 g/mol. The van der Waals surface area contributed by atoms with Crippen LogP contribution in [0.4, 0.5) is 5.69 Å². The van der Waals surface area contributed by atoms with E-state index in [1.54, 1.807) is 0 Å². The van der Waals surface area contributed by atoms with Crippen molar-refractivity contribution in [1.82, 2.24) is 0 Å². The number of benzene rings is 1. The van der Waals surface area contributed by atoms with E-state index in [0.717, 1.165) is 13.1 Å². The summed E-state index contributed by atoms with van der Waals surface area (Å²) in [4.78, 5) is 2.32. The molecule has 0 amide bonds. The van der Waals surface area contributed by atoms with Gasteiger partial charge in [-0.2, -0.15) is 0 Å². The highest BCUT2D eigenvalue weighted by molar-refractivity contribution is 5.54. The van der Waals surface area contributed by atoms with Gasteiger partial charge in [-0.3, -0.25) is 0 Å². The van der Waals surface area contributed by atoms with Gasteiger partial charge in [0.25, 0.3) is 0 Å². The Morgan fingerprint density at radius 1 is 1.20 bits per heavy atom. The van der Waals surface area contributed by atoms with Gasteiger partial charge in [-0.05, 0) is 25.5 Å². The van der Waals surface area contributed by atoms with Crippen LogP contribution in [0.3, 0.4) is 0 Å². The van der Waals surface area contributed by atoms with E-state index in [1.165, 1.54) is 11.3 Å². The SMILES string of the molecule is CCN(CC)c1ccccc1C(C)CO. The van der Waals surface area contributed by atoms with Gasteiger partial charge in [0.05, 0.1) is 0 Å². The maximum Gasteiger partial charge on any atom is 0.0497 e. The quantitative estimate of drug-likeness (QED) is 0.802. The van der Waals surface area contributed by atoms with Gasteiger partial charge in [-0.15, -0.1) is 0 Å². The first-order valence-electron chi connectivity index (χ1n) is 5.69. The number of aliphatic hydroxyl groups is 1. The van der Waals surface area contributed by atoms with Crippen LogP contribution in [0, 0.1) is 0 Å². The molecule has 0 aromatic heterocycles. The third kappa shape index (κ3) is 2.72. The van der Waals surface area contributed by atoms with Gasteiger partial charge in [0.15, 0.2) is 0 Å². The molecule has 2 heteroatoms. The number of anilines is 1. The van der Waals surface area contributed by atoms with Crippen molar-refractivity contribution in [1.29, 1.82) is 0 Å². The number of rotatable bonds is 5. The maximum atomic E-state index is 9.22. The van der Waals surface area contributed by atoms with Crippen molar-refractivity contribution < 1.29 is 5.11 Å². The highest BCUT2D eigenvalue weighted by Crippen LogP contribution is 2.26. The minimum absolute atomic E-state index is 0.207. The molecule has 1 rings (SSSR count). The molecule has 0 saturated carbocycles. The highest BCUT2D eigenvalue weighted by atomic mass is 16.3. The second-order valence-corrected chi connectivity index (χ2v) is 3.81. The molecule has 1 N–H and O–H groups in total. The van der Waals surface area contributed by atoms with E-state index in [0.29, 0.717) is 0 Å². The molecule has 1 aromatic rings. The average molecular weight is 207 g/mol. The minimum Gasteiger partial charge on any atom is -0.396 e. The third-order valence-electron chi connectivity index (χ3n) is 2.85. The Bertz CT molecular complexity index is 294. The number of nitrogens with zero attached hydrogens (tertiary/aromatic N) is 1. The standard InChI is InChI=1S/C13H21NO/c1-4-14(5-2)13-9-7-6-8-12(13)11(3)10-15/h6-9,11,15H,4-5,10H2,1-3H3. The van der Waals surface area contributed by atoms with Crippen LogP contribution in [0.15, 0.2) is 24.3 Å². The van der Waals surface area contributed by atoms with Gasteiger partial charge in [0, 0.05) is 31.3 Å². The van der Waals surface area contributed by atoms with E-state index in [1.807, 2.05) is 6.07 Å². The lowest BCUT2D eigenvalue weighted by molar-refractivity contribution is 0.273. The number of hydrogen-bond acceptors (Lipinski definition) is 2. The molecular formula is C13H21NO. The summed E-state index contributed by atoms with van der Waals surface area (Å²) in [6.45, 7) is 8.59. The molecule has 0 saturated heterocycles. The lowest BCUT2D eigenvalue weighted by Crippen LogP contribution is -2.23. The molecule has 1 aromatic carbocycles. The van der Waals surface area contributed by atoms with Crippen molar-refractivity contribution in [3.05, 3.63) is 29.8 Å². The van der Waals surface area contributed by atoms with Crippen LogP contribution in [-0.2, 0) is 0 Å². The first-order chi connectivity index (χ1) is 7.24. The third-order valence-corrected chi connectivity index (χ3v) is 2.85. The van der Waals surface area contributed by atoms with E-state index in [9.17, 15) is 5.11 Å². The van der Waals surface area contributed by atoms with Crippen LogP contribution in [0.1, 0.15) is 32.3 Å². The Morgan fingerprint density at radius 2 is 1.80 bits per heavy atom. The Hall–Kier alpha value is -1.02. The molecule has 0 aliphatic rings. The second-order valence-electron chi connectivity index (χ2n) is 3.81. The summed E-state index contributed by atoms with van der Waals surface area (Å²) in [6.07, 6.45) is 0. The summed E-state index contributed by atoms with van der Waals surface area (Å²) in [5.74, 6) is 0.210. The molecule has 15 heavy (non-hydrogen) atoms. The fourth-order valence-electron chi connectivity index (χ4n) is 1.85. The second kappa shape index (κ2) is 5.76. The predicted molar refractivity (Wildman–Crippen MR) is 65.5 cm³/mol. The molecule has 0 bridgehead atoms. The Balaban J connectivity index is 3.04. The molecule has 2 nitrogen and oxygen atoms in total. The molecule has 0 fully saturated rings. The van der Waals surface area contributed by atoms with Crippen LogP contribution in [0.2, 0.25) is 0 Å². The van der Waals surface area contributed by atoms with Crippen molar-refractivity contribution in [3.8, 4) is 0 Å². The van der Waals surface area contributed by atoms with Crippen molar-refractivity contribution in [2.24, 2.45) is 0 Å². The van der Waals surface area contributed by atoms with E-state index in [4.69, 9.17) is 0 Å². The van der Waals surface area contributed by atoms with Crippen LogP contribution in [0.5, 0.6) is 0 Å². The molecule has 0 spiro atoms. The number of hydrogen-bond donors (Lipinski definition) is 1. The van der Waals surface area contributed by atoms with Crippen LogP contribution in [-0.4, -0.2) is 24.8 Å². The van der Waals surface area contributed by atoms with Gasteiger partial charge in [-0.25, -0.2) is 0 Å². The number of para-hydroxylation sites is 1. The molecule has 0 aliphatic carbocycles. The van der Waals surface area contributed by atoms with E-state index in [2.05, 4.69) is 43.9 Å².